The zero-order valence-electron chi connectivity index (χ0n) is 6.15. The molecule has 2 rings (SSSR count). The van der Waals surface area contributed by atoms with E-state index in [1.807, 2.05) is 0 Å². The summed E-state index contributed by atoms with van der Waals surface area (Å²) in [5.74, 6) is -1.20. The third-order valence-corrected chi connectivity index (χ3v) is 1.74. The van der Waals surface area contributed by atoms with Crippen molar-refractivity contribution in [1.82, 2.24) is 0 Å². The Morgan fingerprint density at radius 2 is 2.25 bits per heavy atom. The zero-order valence-corrected chi connectivity index (χ0v) is 6.15. The minimum Gasteiger partial charge on any atom is -0.493 e. The van der Waals surface area contributed by atoms with Gasteiger partial charge in [-0.25, -0.2) is 9.59 Å². The van der Waals surface area contributed by atoms with Crippen LogP contribution in [0.4, 0.5) is 0 Å². The molecule has 0 radical (unpaired) electrons. The molecule has 2 heterocycles. The number of hydrogen-bond donors (Lipinski definition) is 0. The van der Waals surface area contributed by atoms with Crippen LogP contribution in [0, 0.1) is 0 Å². The van der Waals surface area contributed by atoms with Crippen LogP contribution < -0.4 is 0 Å². The van der Waals surface area contributed by atoms with Gasteiger partial charge in [-0.2, -0.15) is 0 Å². The maximum atomic E-state index is 11.0. The number of cyclic esters (lactones) is 2. The fraction of sp³-hybridized carbons (Fsp3) is 0.250. The molecule has 0 aromatic rings. The highest BCUT2D eigenvalue weighted by molar-refractivity contribution is 6.09. The third kappa shape index (κ3) is 1.01. The molecule has 4 nitrogen and oxygen atoms in total. The van der Waals surface area contributed by atoms with Crippen LogP contribution in [0.1, 0.15) is 6.42 Å². The van der Waals surface area contributed by atoms with Crippen molar-refractivity contribution in [2.24, 2.45) is 0 Å². The smallest absolute Gasteiger partial charge is 0.345 e. The second-order valence-corrected chi connectivity index (χ2v) is 2.54. The average Bonchev–Trinajstić information content (AvgIpc) is 2.58. The van der Waals surface area contributed by atoms with Crippen LogP contribution in [0.15, 0.2) is 24.0 Å². The second kappa shape index (κ2) is 2.48. The van der Waals surface area contributed by atoms with E-state index in [2.05, 4.69) is 4.74 Å². The molecule has 0 aromatic carbocycles. The predicted octanol–water partition coefficient (Wildman–Crippen LogP) is 0.299. The standard InChI is InChI=1S/C8H6O4/c9-7-4-5(8(10)12-7)6-2-1-3-11-6/h1,3-4,6H,2H2. The van der Waals surface area contributed by atoms with Gasteiger partial charge in [0.1, 0.15) is 6.10 Å². The molecule has 0 aromatic heterocycles. The van der Waals surface area contributed by atoms with Gasteiger partial charge in [-0.3, -0.25) is 0 Å². The van der Waals surface area contributed by atoms with E-state index in [0.717, 1.165) is 0 Å². The van der Waals surface area contributed by atoms with E-state index in [9.17, 15) is 9.59 Å². The van der Waals surface area contributed by atoms with Crippen molar-refractivity contribution in [3.8, 4) is 0 Å². The molecule has 4 heteroatoms. The predicted molar refractivity (Wildman–Crippen MR) is 37.8 cm³/mol. The Kier molecular flexibility index (Phi) is 1.46. The van der Waals surface area contributed by atoms with Gasteiger partial charge in [0.25, 0.3) is 0 Å². The molecule has 0 aliphatic carbocycles. The number of ether oxygens (including phenoxy) is 2. The Hall–Kier alpha value is -1.58. The van der Waals surface area contributed by atoms with Crippen molar-refractivity contribution in [2.75, 3.05) is 0 Å². The van der Waals surface area contributed by atoms with Gasteiger partial charge < -0.3 is 9.47 Å². The van der Waals surface area contributed by atoms with E-state index in [4.69, 9.17) is 4.74 Å². The lowest BCUT2D eigenvalue weighted by Gasteiger charge is -2.07. The summed E-state index contributed by atoms with van der Waals surface area (Å²) in [4.78, 5) is 21.6. The summed E-state index contributed by atoms with van der Waals surface area (Å²) in [6.07, 6.45) is 4.78. The molecule has 2 aliphatic heterocycles. The van der Waals surface area contributed by atoms with Gasteiger partial charge in [0.2, 0.25) is 0 Å². The molecule has 12 heavy (non-hydrogen) atoms. The lowest BCUT2D eigenvalue weighted by molar-refractivity contribution is -0.151. The highest BCUT2D eigenvalue weighted by Crippen LogP contribution is 2.22. The number of carbonyl (C=O) groups excluding carboxylic acids is 2. The van der Waals surface area contributed by atoms with E-state index < -0.39 is 11.9 Å². The Labute approximate surface area is 68.5 Å². The Morgan fingerprint density at radius 3 is 2.75 bits per heavy atom. The summed E-state index contributed by atoms with van der Waals surface area (Å²) in [6, 6.07) is 0. The van der Waals surface area contributed by atoms with Crippen molar-refractivity contribution in [1.29, 1.82) is 0 Å². The molecule has 0 N–H and O–H groups in total. The van der Waals surface area contributed by atoms with Crippen LogP contribution in [0.3, 0.4) is 0 Å². The van der Waals surface area contributed by atoms with E-state index in [-0.39, 0.29) is 6.10 Å². The lowest BCUT2D eigenvalue weighted by Crippen LogP contribution is -2.14. The maximum absolute atomic E-state index is 11.0. The number of hydrogen-bond acceptors (Lipinski definition) is 4. The van der Waals surface area contributed by atoms with Gasteiger partial charge in [-0.15, -0.1) is 0 Å². The van der Waals surface area contributed by atoms with Gasteiger partial charge in [-0.1, -0.05) is 0 Å². The van der Waals surface area contributed by atoms with Crippen LogP contribution in [0.25, 0.3) is 0 Å². The molecule has 62 valence electrons. The van der Waals surface area contributed by atoms with E-state index in [1.54, 1.807) is 6.08 Å². The van der Waals surface area contributed by atoms with Crippen molar-refractivity contribution in [2.45, 2.75) is 12.5 Å². The SMILES string of the molecule is O=C1C=C(C2CC=CO2)C(=O)O1. The van der Waals surface area contributed by atoms with Crippen LogP contribution >= 0.6 is 0 Å². The molecule has 1 unspecified atom stereocenters. The van der Waals surface area contributed by atoms with E-state index in [0.29, 0.717) is 12.0 Å². The minimum absolute atomic E-state index is 0.310. The summed E-state index contributed by atoms with van der Waals surface area (Å²) in [5, 5.41) is 0. The molecule has 0 saturated carbocycles. The fourth-order valence-corrected chi connectivity index (χ4v) is 1.18. The summed E-state index contributed by atoms with van der Waals surface area (Å²) in [6.45, 7) is 0. The first-order chi connectivity index (χ1) is 5.77. The van der Waals surface area contributed by atoms with Gasteiger partial charge in [0.05, 0.1) is 11.8 Å². The van der Waals surface area contributed by atoms with Crippen LogP contribution in [-0.2, 0) is 19.1 Å². The van der Waals surface area contributed by atoms with Gasteiger partial charge >= 0.3 is 11.9 Å². The highest BCUT2D eigenvalue weighted by Gasteiger charge is 2.31. The van der Waals surface area contributed by atoms with Gasteiger partial charge in [0, 0.05) is 12.5 Å². The fourth-order valence-electron chi connectivity index (χ4n) is 1.18. The molecule has 0 fully saturated rings. The largest absolute Gasteiger partial charge is 0.493 e. The van der Waals surface area contributed by atoms with Gasteiger partial charge in [0.15, 0.2) is 0 Å². The quantitative estimate of drug-likeness (QED) is 0.415. The Bertz CT molecular complexity index is 292. The number of esters is 2. The average molecular weight is 166 g/mol. The highest BCUT2D eigenvalue weighted by atomic mass is 16.6. The number of carbonyl (C=O) groups is 2. The zero-order chi connectivity index (χ0) is 8.55. The Balaban J connectivity index is 2.18. The lowest BCUT2D eigenvalue weighted by atomic mass is 10.1. The maximum Gasteiger partial charge on any atom is 0.345 e. The first-order valence-corrected chi connectivity index (χ1v) is 3.55. The molecular weight excluding hydrogens is 160 g/mol. The van der Waals surface area contributed by atoms with Crippen LogP contribution in [-0.4, -0.2) is 18.0 Å². The summed E-state index contributed by atoms with van der Waals surface area (Å²) in [5.41, 5.74) is 0.310. The van der Waals surface area contributed by atoms with Crippen molar-refractivity contribution >= 4 is 11.9 Å². The molecule has 2 aliphatic rings. The van der Waals surface area contributed by atoms with Gasteiger partial charge in [-0.05, 0) is 6.08 Å². The topological polar surface area (TPSA) is 52.6 Å². The summed E-state index contributed by atoms with van der Waals surface area (Å²) in [7, 11) is 0. The van der Waals surface area contributed by atoms with Crippen molar-refractivity contribution < 1.29 is 19.1 Å². The molecule has 1 atom stereocenters. The number of rotatable bonds is 1. The molecule has 0 saturated heterocycles. The summed E-state index contributed by atoms with van der Waals surface area (Å²) >= 11 is 0. The molecule has 0 bridgehead atoms. The molecular formula is C8H6O4. The van der Waals surface area contributed by atoms with E-state index >= 15 is 0 Å². The Morgan fingerprint density at radius 1 is 1.42 bits per heavy atom. The second-order valence-electron chi connectivity index (χ2n) is 2.54. The van der Waals surface area contributed by atoms with Crippen molar-refractivity contribution in [3.05, 3.63) is 24.0 Å². The van der Waals surface area contributed by atoms with E-state index in [1.165, 1.54) is 12.3 Å². The first-order valence-electron chi connectivity index (χ1n) is 3.55. The van der Waals surface area contributed by atoms with Crippen LogP contribution in [0.5, 0.6) is 0 Å². The summed E-state index contributed by atoms with van der Waals surface area (Å²) < 4.78 is 9.36. The minimum atomic E-state index is -0.606. The molecule has 0 spiro atoms. The first kappa shape index (κ1) is 7.09. The monoisotopic (exact) mass is 166 g/mol. The molecule has 0 amide bonds. The third-order valence-electron chi connectivity index (χ3n) is 1.74. The van der Waals surface area contributed by atoms with Crippen molar-refractivity contribution in [3.63, 3.8) is 0 Å². The normalized spacial score (nSPS) is 27.0. The van der Waals surface area contributed by atoms with Crippen LogP contribution in [0.2, 0.25) is 0 Å².